The molecule has 29 heavy (non-hydrogen) atoms. The van der Waals surface area contributed by atoms with Crippen molar-refractivity contribution in [2.75, 3.05) is 6.61 Å². The molecule has 2 aromatic carbocycles. The number of hydrogen-bond acceptors (Lipinski definition) is 4. The molecule has 0 bridgehead atoms. The van der Waals surface area contributed by atoms with E-state index < -0.39 is 11.7 Å². The van der Waals surface area contributed by atoms with Crippen molar-refractivity contribution >= 4 is 6.09 Å². The van der Waals surface area contributed by atoms with Gasteiger partial charge in [-0.25, -0.2) is 4.79 Å². The Bertz CT molecular complexity index is 772. The van der Waals surface area contributed by atoms with Crippen LogP contribution in [0.1, 0.15) is 31.9 Å². The SMILES string of the molecule is CC(C)(C)OC(=O)N[C@@H](Cc1ccccc1)[C@H]1O[C@@H]1[C@H](CO)Cc1ccccc1. The number of alkyl carbamates (subject to hydrolysis) is 1. The average Bonchev–Trinajstić information content (AvgIpc) is 3.46. The number of benzene rings is 2. The maximum Gasteiger partial charge on any atom is 0.407 e. The first-order valence-electron chi connectivity index (χ1n) is 10.2. The van der Waals surface area contributed by atoms with Crippen LogP contribution in [0.5, 0.6) is 0 Å². The molecule has 156 valence electrons. The van der Waals surface area contributed by atoms with Crippen molar-refractivity contribution < 1.29 is 19.4 Å². The van der Waals surface area contributed by atoms with Gasteiger partial charge in [0.15, 0.2) is 0 Å². The van der Waals surface area contributed by atoms with Crippen molar-refractivity contribution in [3.63, 3.8) is 0 Å². The second-order valence-electron chi connectivity index (χ2n) is 8.64. The predicted octanol–water partition coefficient (Wildman–Crippen LogP) is 3.74. The number of carbonyl (C=O) groups is 1. The first-order valence-corrected chi connectivity index (χ1v) is 10.2. The maximum absolute atomic E-state index is 12.4. The highest BCUT2D eigenvalue weighted by Crippen LogP contribution is 2.35. The Kier molecular flexibility index (Phi) is 6.93. The van der Waals surface area contributed by atoms with Crippen LogP contribution in [0.3, 0.4) is 0 Å². The molecule has 5 nitrogen and oxygen atoms in total. The van der Waals surface area contributed by atoms with Gasteiger partial charge in [0.25, 0.3) is 0 Å². The van der Waals surface area contributed by atoms with Crippen molar-refractivity contribution in [1.29, 1.82) is 0 Å². The van der Waals surface area contributed by atoms with Crippen molar-refractivity contribution in [2.45, 2.75) is 57.5 Å². The molecule has 0 radical (unpaired) electrons. The van der Waals surface area contributed by atoms with Gasteiger partial charge in [-0.2, -0.15) is 0 Å². The number of aliphatic hydroxyl groups is 1. The van der Waals surface area contributed by atoms with E-state index in [1.165, 1.54) is 5.56 Å². The second kappa shape index (κ2) is 9.42. The smallest absolute Gasteiger partial charge is 0.407 e. The Labute approximate surface area is 173 Å². The minimum atomic E-state index is -0.563. The van der Waals surface area contributed by atoms with Crippen LogP contribution in [-0.2, 0) is 22.3 Å². The Morgan fingerprint density at radius 2 is 1.55 bits per heavy atom. The van der Waals surface area contributed by atoms with Crippen LogP contribution >= 0.6 is 0 Å². The fourth-order valence-electron chi connectivity index (χ4n) is 3.62. The molecule has 1 heterocycles. The fourth-order valence-corrected chi connectivity index (χ4v) is 3.62. The van der Waals surface area contributed by atoms with Gasteiger partial charge in [-0.1, -0.05) is 60.7 Å². The summed E-state index contributed by atoms with van der Waals surface area (Å²) in [6.45, 7) is 5.57. The molecule has 0 aliphatic carbocycles. The number of rotatable bonds is 8. The Balaban J connectivity index is 1.68. The van der Waals surface area contributed by atoms with Gasteiger partial charge in [0, 0.05) is 12.5 Å². The summed E-state index contributed by atoms with van der Waals surface area (Å²) < 4.78 is 11.4. The van der Waals surface area contributed by atoms with Crippen molar-refractivity contribution in [3.8, 4) is 0 Å². The predicted molar refractivity (Wildman–Crippen MR) is 113 cm³/mol. The quantitative estimate of drug-likeness (QED) is 0.666. The number of aliphatic hydroxyl groups excluding tert-OH is 1. The Morgan fingerprint density at radius 1 is 1.00 bits per heavy atom. The van der Waals surface area contributed by atoms with E-state index in [1.807, 2.05) is 69.3 Å². The van der Waals surface area contributed by atoms with Crippen LogP contribution in [0.25, 0.3) is 0 Å². The van der Waals surface area contributed by atoms with Gasteiger partial charge in [0.05, 0.1) is 12.1 Å². The van der Waals surface area contributed by atoms with Crippen LogP contribution in [0, 0.1) is 5.92 Å². The number of epoxide rings is 1. The zero-order valence-corrected chi connectivity index (χ0v) is 17.4. The standard InChI is InChI=1S/C24H31NO4/c1-24(2,3)29-23(27)25-20(15-18-12-8-5-9-13-18)22-21(28-22)19(16-26)14-17-10-6-4-7-11-17/h4-13,19-22,26H,14-16H2,1-3H3,(H,25,27)/t19-,20-,21+,22+/m0/s1. The van der Waals surface area contributed by atoms with Crippen molar-refractivity contribution in [1.82, 2.24) is 5.32 Å². The van der Waals surface area contributed by atoms with Crippen LogP contribution < -0.4 is 5.32 Å². The summed E-state index contributed by atoms with van der Waals surface area (Å²) in [4.78, 5) is 12.4. The number of hydrogen-bond donors (Lipinski definition) is 2. The number of amides is 1. The molecular formula is C24H31NO4. The molecule has 5 heteroatoms. The second-order valence-corrected chi connectivity index (χ2v) is 8.64. The zero-order chi connectivity index (χ0) is 20.9. The highest BCUT2D eigenvalue weighted by Gasteiger charge is 2.49. The lowest BCUT2D eigenvalue weighted by molar-refractivity contribution is 0.0495. The lowest BCUT2D eigenvalue weighted by Gasteiger charge is -2.23. The maximum atomic E-state index is 12.4. The van der Waals surface area contributed by atoms with Gasteiger partial charge >= 0.3 is 6.09 Å². The Hall–Kier alpha value is -2.37. The minimum absolute atomic E-state index is 0.0129. The summed E-state index contributed by atoms with van der Waals surface area (Å²) in [7, 11) is 0. The summed E-state index contributed by atoms with van der Waals surface area (Å²) in [5, 5.41) is 12.9. The fraction of sp³-hybridized carbons (Fsp3) is 0.458. The number of nitrogens with one attached hydrogen (secondary N) is 1. The molecular weight excluding hydrogens is 366 g/mol. The Morgan fingerprint density at radius 3 is 2.07 bits per heavy atom. The summed E-state index contributed by atoms with van der Waals surface area (Å²) in [6.07, 6.45) is 0.692. The molecule has 0 aromatic heterocycles. The summed E-state index contributed by atoms with van der Waals surface area (Å²) in [6, 6.07) is 19.9. The normalized spacial score (nSPS) is 20.6. The molecule has 3 rings (SSSR count). The van der Waals surface area contributed by atoms with Gasteiger partial charge in [0.1, 0.15) is 11.7 Å². The van der Waals surface area contributed by atoms with Gasteiger partial charge in [-0.05, 0) is 44.7 Å². The molecule has 0 saturated carbocycles. The topological polar surface area (TPSA) is 71.1 Å². The largest absolute Gasteiger partial charge is 0.444 e. The van der Waals surface area contributed by atoms with Crippen LogP contribution in [0.2, 0.25) is 0 Å². The molecule has 0 unspecified atom stereocenters. The van der Waals surface area contributed by atoms with E-state index in [0.717, 1.165) is 12.0 Å². The summed E-state index contributed by atoms with van der Waals surface area (Å²) in [5.41, 5.74) is 1.72. The number of ether oxygens (including phenoxy) is 2. The van der Waals surface area contributed by atoms with Gasteiger partial charge < -0.3 is 19.9 Å². The van der Waals surface area contributed by atoms with E-state index in [4.69, 9.17) is 9.47 Å². The lowest BCUT2D eigenvalue weighted by Crippen LogP contribution is -2.44. The highest BCUT2D eigenvalue weighted by molar-refractivity contribution is 5.68. The van der Waals surface area contributed by atoms with E-state index in [0.29, 0.717) is 6.42 Å². The first kappa shape index (κ1) is 21.3. The minimum Gasteiger partial charge on any atom is -0.444 e. The van der Waals surface area contributed by atoms with E-state index >= 15 is 0 Å². The van der Waals surface area contributed by atoms with Crippen LogP contribution in [-0.4, -0.2) is 41.7 Å². The monoisotopic (exact) mass is 397 g/mol. The molecule has 1 aliphatic heterocycles. The number of carbonyl (C=O) groups excluding carboxylic acids is 1. The molecule has 4 atom stereocenters. The first-order chi connectivity index (χ1) is 13.9. The summed E-state index contributed by atoms with van der Waals surface area (Å²) in [5.74, 6) is -0.0129. The van der Waals surface area contributed by atoms with Gasteiger partial charge in [-0.15, -0.1) is 0 Å². The van der Waals surface area contributed by atoms with E-state index in [-0.39, 0.29) is 30.8 Å². The van der Waals surface area contributed by atoms with E-state index in [1.54, 1.807) is 0 Å². The molecule has 1 fully saturated rings. The summed E-state index contributed by atoms with van der Waals surface area (Å²) >= 11 is 0. The lowest BCUT2D eigenvalue weighted by atomic mass is 9.92. The third-order valence-corrected chi connectivity index (χ3v) is 5.00. The van der Waals surface area contributed by atoms with Crippen LogP contribution in [0.15, 0.2) is 60.7 Å². The average molecular weight is 398 g/mol. The van der Waals surface area contributed by atoms with Crippen molar-refractivity contribution in [3.05, 3.63) is 71.8 Å². The molecule has 1 saturated heterocycles. The van der Waals surface area contributed by atoms with Gasteiger partial charge in [0.2, 0.25) is 0 Å². The molecule has 2 aromatic rings. The molecule has 2 N–H and O–H groups in total. The van der Waals surface area contributed by atoms with Crippen molar-refractivity contribution in [2.24, 2.45) is 5.92 Å². The van der Waals surface area contributed by atoms with Gasteiger partial charge in [-0.3, -0.25) is 0 Å². The van der Waals surface area contributed by atoms with Crippen LogP contribution in [0.4, 0.5) is 4.79 Å². The molecule has 0 spiro atoms. The van der Waals surface area contributed by atoms with E-state index in [2.05, 4.69) is 17.4 Å². The third kappa shape index (κ3) is 6.58. The highest BCUT2D eigenvalue weighted by atomic mass is 16.6. The van der Waals surface area contributed by atoms with E-state index in [9.17, 15) is 9.90 Å². The third-order valence-electron chi connectivity index (χ3n) is 5.00. The zero-order valence-electron chi connectivity index (χ0n) is 17.4. The molecule has 1 amide bonds. The molecule has 1 aliphatic rings.